The number of cyclic esters (lactones) is 2. The second kappa shape index (κ2) is 8.62. The largest absolute Gasteiger partial charge is 0.463 e. The molecule has 0 spiro atoms. The fraction of sp³-hybridized carbons (Fsp3) is 0.421. The van der Waals surface area contributed by atoms with Crippen molar-refractivity contribution in [1.82, 2.24) is 0 Å². The van der Waals surface area contributed by atoms with Crippen LogP contribution >= 0.6 is 0 Å². The van der Waals surface area contributed by atoms with Crippen molar-refractivity contribution >= 4 is 17.9 Å². The van der Waals surface area contributed by atoms with Crippen LogP contribution in [0.1, 0.15) is 19.4 Å². The number of carbonyl (C=O) groups excluding carboxylic acids is 3. The number of hydrogen-bond acceptors (Lipinski definition) is 7. The summed E-state index contributed by atoms with van der Waals surface area (Å²) in [4.78, 5) is 36.6. The number of ether oxygens (including phenoxy) is 3. The van der Waals surface area contributed by atoms with Gasteiger partial charge in [-0.05, 0) is 25.8 Å². The molecule has 0 saturated carbocycles. The van der Waals surface area contributed by atoms with E-state index in [1.807, 2.05) is 30.3 Å². The van der Waals surface area contributed by atoms with Gasteiger partial charge >= 0.3 is 17.9 Å². The molecule has 0 bridgehead atoms. The highest BCUT2D eigenvalue weighted by atomic mass is 16.6. The molecule has 140 valence electrons. The quantitative estimate of drug-likeness (QED) is 0.487. The first-order valence-electron chi connectivity index (χ1n) is 8.32. The summed E-state index contributed by atoms with van der Waals surface area (Å²) >= 11 is 0. The van der Waals surface area contributed by atoms with E-state index in [2.05, 4.69) is 6.58 Å². The molecule has 1 fully saturated rings. The van der Waals surface area contributed by atoms with Crippen LogP contribution in [0.5, 0.6) is 0 Å². The van der Waals surface area contributed by atoms with E-state index < -0.39 is 42.1 Å². The average Bonchev–Trinajstić information content (AvgIpc) is 2.64. The van der Waals surface area contributed by atoms with Gasteiger partial charge in [0.15, 0.2) is 6.10 Å². The lowest BCUT2D eigenvalue weighted by molar-refractivity contribution is -0.171. The Morgan fingerprint density at radius 3 is 2.54 bits per heavy atom. The summed E-state index contributed by atoms with van der Waals surface area (Å²) < 4.78 is 15.9. The molecule has 0 radical (unpaired) electrons. The van der Waals surface area contributed by atoms with Gasteiger partial charge in [-0.25, -0.2) is 4.79 Å². The summed E-state index contributed by atoms with van der Waals surface area (Å²) in [6, 6.07) is 8.13. The van der Waals surface area contributed by atoms with Crippen molar-refractivity contribution in [2.24, 2.45) is 11.7 Å². The summed E-state index contributed by atoms with van der Waals surface area (Å²) in [7, 11) is 0. The molecular formula is C19H23NO6. The zero-order valence-electron chi connectivity index (χ0n) is 14.8. The Hall–Kier alpha value is -2.67. The Morgan fingerprint density at radius 1 is 1.27 bits per heavy atom. The van der Waals surface area contributed by atoms with E-state index in [9.17, 15) is 14.4 Å². The highest BCUT2D eigenvalue weighted by Crippen LogP contribution is 2.24. The number of nitrogens with two attached hydrogens (primary N) is 1. The highest BCUT2D eigenvalue weighted by molar-refractivity contribution is 5.87. The van der Waals surface area contributed by atoms with Crippen LogP contribution in [0.15, 0.2) is 42.5 Å². The maximum Gasteiger partial charge on any atom is 0.333 e. The molecule has 1 saturated heterocycles. The SMILES string of the molecule is C=C(C)C(=O)O[C@H]1[C@H](C)OC(=O)C(N)COC(=O)[C@@H]1Cc1ccccc1. The molecule has 0 aromatic heterocycles. The average molecular weight is 361 g/mol. The van der Waals surface area contributed by atoms with Crippen molar-refractivity contribution in [3.8, 4) is 0 Å². The van der Waals surface area contributed by atoms with Crippen LogP contribution in [0.4, 0.5) is 0 Å². The molecule has 1 aliphatic heterocycles. The molecule has 26 heavy (non-hydrogen) atoms. The van der Waals surface area contributed by atoms with Crippen LogP contribution in [0, 0.1) is 5.92 Å². The third-order valence-corrected chi connectivity index (χ3v) is 4.06. The van der Waals surface area contributed by atoms with E-state index in [4.69, 9.17) is 19.9 Å². The lowest BCUT2D eigenvalue weighted by Gasteiger charge is -2.29. The molecule has 0 amide bonds. The first-order chi connectivity index (χ1) is 12.3. The van der Waals surface area contributed by atoms with Gasteiger partial charge in [0.1, 0.15) is 24.7 Å². The number of carbonyl (C=O) groups is 3. The number of esters is 3. The van der Waals surface area contributed by atoms with E-state index in [0.29, 0.717) is 0 Å². The van der Waals surface area contributed by atoms with Crippen LogP contribution < -0.4 is 5.73 Å². The fourth-order valence-electron chi connectivity index (χ4n) is 2.62. The third kappa shape index (κ3) is 4.92. The fourth-order valence-corrected chi connectivity index (χ4v) is 2.62. The molecule has 7 heteroatoms. The molecule has 2 N–H and O–H groups in total. The van der Waals surface area contributed by atoms with E-state index in [0.717, 1.165) is 5.56 Å². The van der Waals surface area contributed by atoms with Crippen molar-refractivity contribution in [2.75, 3.05) is 6.61 Å². The Bertz CT molecular complexity index is 687. The maximum absolute atomic E-state index is 12.6. The van der Waals surface area contributed by atoms with Crippen LogP contribution in [0.2, 0.25) is 0 Å². The second-order valence-electron chi connectivity index (χ2n) is 6.33. The highest BCUT2D eigenvalue weighted by Gasteiger charge is 2.41. The van der Waals surface area contributed by atoms with Crippen LogP contribution in [-0.4, -0.2) is 42.8 Å². The smallest absolute Gasteiger partial charge is 0.333 e. The molecule has 4 atom stereocenters. The second-order valence-corrected chi connectivity index (χ2v) is 6.33. The molecule has 1 aromatic rings. The molecule has 2 rings (SSSR count). The molecule has 1 unspecified atom stereocenters. The van der Waals surface area contributed by atoms with Gasteiger partial charge in [0.05, 0.1) is 0 Å². The molecule has 1 heterocycles. The van der Waals surface area contributed by atoms with E-state index in [1.165, 1.54) is 6.92 Å². The van der Waals surface area contributed by atoms with Crippen molar-refractivity contribution in [3.05, 3.63) is 48.0 Å². The van der Waals surface area contributed by atoms with Gasteiger partial charge in [0, 0.05) is 5.57 Å². The van der Waals surface area contributed by atoms with Crippen molar-refractivity contribution in [2.45, 2.75) is 38.5 Å². The minimum Gasteiger partial charge on any atom is -0.463 e. The summed E-state index contributed by atoms with van der Waals surface area (Å²) in [5.41, 5.74) is 6.69. The van der Waals surface area contributed by atoms with Crippen molar-refractivity contribution in [1.29, 1.82) is 0 Å². The lowest BCUT2D eigenvalue weighted by atomic mass is 9.91. The molecule has 1 aliphatic rings. The topological polar surface area (TPSA) is 105 Å². The minimum atomic E-state index is -1.09. The molecule has 0 aliphatic carbocycles. The summed E-state index contributed by atoms with van der Waals surface area (Å²) in [5, 5.41) is 0. The van der Waals surface area contributed by atoms with E-state index >= 15 is 0 Å². The van der Waals surface area contributed by atoms with Gasteiger partial charge in [0.2, 0.25) is 0 Å². The van der Waals surface area contributed by atoms with Gasteiger partial charge in [-0.2, -0.15) is 0 Å². The summed E-state index contributed by atoms with van der Waals surface area (Å²) in [5.74, 6) is -2.85. The molecule has 1 aromatic carbocycles. The van der Waals surface area contributed by atoms with Gasteiger partial charge in [0.25, 0.3) is 0 Å². The monoisotopic (exact) mass is 361 g/mol. The van der Waals surface area contributed by atoms with Crippen molar-refractivity contribution < 1.29 is 28.6 Å². The van der Waals surface area contributed by atoms with Crippen LogP contribution in [0.25, 0.3) is 0 Å². The Morgan fingerprint density at radius 2 is 1.92 bits per heavy atom. The minimum absolute atomic E-state index is 0.173. The predicted octanol–water partition coefficient (Wildman–Crippen LogP) is 1.15. The third-order valence-electron chi connectivity index (χ3n) is 4.06. The van der Waals surface area contributed by atoms with Gasteiger partial charge in [-0.3, -0.25) is 9.59 Å². The first-order valence-corrected chi connectivity index (χ1v) is 8.32. The Balaban J connectivity index is 2.36. The standard InChI is InChI=1S/C19H23NO6/c1-11(2)17(21)26-16-12(3)25-19(23)15(20)10-24-18(22)14(16)9-13-7-5-4-6-8-13/h4-8,12,14-16H,1,9-10,20H2,2-3H3/t12-,14+,15?,16-/m0/s1. The van der Waals surface area contributed by atoms with E-state index in [1.54, 1.807) is 6.92 Å². The number of rotatable bonds is 4. The van der Waals surface area contributed by atoms with Crippen molar-refractivity contribution in [3.63, 3.8) is 0 Å². The van der Waals surface area contributed by atoms with Gasteiger partial charge in [-0.1, -0.05) is 36.9 Å². The Kier molecular flexibility index (Phi) is 6.52. The lowest BCUT2D eigenvalue weighted by Crippen LogP contribution is -2.43. The Labute approximate surface area is 152 Å². The first kappa shape index (κ1) is 19.7. The number of hydrogen-bond donors (Lipinski definition) is 1. The normalized spacial score (nSPS) is 26.6. The maximum atomic E-state index is 12.6. The summed E-state index contributed by atoms with van der Waals surface area (Å²) in [6.07, 6.45) is -1.65. The molecular weight excluding hydrogens is 338 g/mol. The molecule has 7 nitrogen and oxygen atoms in total. The predicted molar refractivity (Wildman–Crippen MR) is 92.8 cm³/mol. The zero-order valence-corrected chi connectivity index (χ0v) is 14.8. The van der Waals surface area contributed by atoms with Gasteiger partial charge < -0.3 is 19.9 Å². The van der Waals surface area contributed by atoms with Crippen LogP contribution in [0.3, 0.4) is 0 Å². The van der Waals surface area contributed by atoms with Crippen LogP contribution in [-0.2, 0) is 35.0 Å². The van der Waals surface area contributed by atoms with Gasteiger partial charge in [-0.15, -0.1) is 0 Å². The summed E-state index contributed by atoms with van der Waals surface area (Å²) in [6.45, 7) is 6.30. The zero-order chi connectivity index (χ0) is 19.3. The van der Waals surface area contributed by atoms with E-state index in [-0.39, 0.29) is 18.6 Å². The number of benzene rings is 1.